The minimum absolute atomic E-state index is 0.228. The average molecular weight is 323 g/mol. The van der Waals surface area contributed by atoms with Crippen LogP contribution in [-0.2, 0) is 12.3 Å². The maximum absolute atomic E-state index is 5.95. The fraction of sp³-hybridized carbons (Fsp3) is 0.154. The van der Waals surface area contributed by atoms with Crippen LogP contribution >= 0.6 is 23.4 Å². The minimum atomic E-state index is 0.228. The summed E-state index contributed by atoms with van der Waals surface area (Å²) in [5, 5.41) is 8.73. The van der Waals surface area contributed by atoms with E-state index in [-0.39, 0.29) is 6.54 Å². The maximum Gasteiger partial charge on any atom is 0.277 e. The lowest BCUT2D eigenvalue weighted by Gasteiger charge is -1.96. The van der Waals surface area contributed by atoms with Gasteiger partial charge in [-0.1, -0.05) is 35.5 Å². The monoisotopic (exact) mass is 322 g/mol. The third kappa shape index (κ3) is 3.44. The quantitative estimate of drug-likeness (QED) is 0.721. The second-order valence-corrected chi connectivity index (χ2v) is 5.45. The van der Waals surface area contributed by atoms with Gasteiger partial charge in [0.15, 0.2) is 5.76 Å². The Morgan fingerprint density at radius 3 is 2.86 bits per heavy atom. The molecule has 0 aliphatic carbocycles. The summed E-state index contributed by atoms with van der Waals surface area (Å²) < 4.78 is 11.0. The molecule has 0 amide bonds. The zero-order chi connectivity index (χ0) is 14.7. The van der Waals surface area contributed by atoms with Gasteiger partial charge in [-0.3, -0.25) is 0 Å². The smallest absolute Gasteiger partial charge is 0.277 e. The number of hydrogen-bond donors (Lipinski definition) is 1. The highest BCUT2D eigenvalue weighted by Gasteiger charge is 2.10. The molecule has 108 valence electrons. The molecule has 0 saturated heterocycles. The van der Waals surface area contributed by atoms with Gasteiger partial charge in [0.1, 0.15) is 0 Å². The molecular formula is C13H11ClN4O2S. The van der Waals surface area contributed by atoms with Crippen molar-refractivity contribution < 1.29 is 8.83 Å². The van der Waals surface area contributed by atoms with Gasteiger partial charge in [0.05, 0.1) is 18.5 Å². The first-order chi connectivity index (χ1) is 10.2. The summed E-state index contributed by atoms with van der Waals surface area (Å²) in [4.78, 5) is 4.22. The third-order valence-electron chi connectivity index (χ3n) is 2.60. The number of thioether (sulfide) groups is 1. The Hall–Kier alpha value is -1.83. The summed E-state index contributed by atoms with van der Waals surface area (Å²) in [6.07, 6.45) is 1.67. The molecule has 2 heterocycles. The number of oxazole rings is 1. The normalized spacial score (nSPS) is 11.0. The molecule has 6 nitrogen and oxygen atoms in total. The number of rotatable bonds is 5. The van der Waals surface area contributed by atoms with Crippen LogP contribution in [0.4, 0.5) is 0 Å². The molecule has 3 rings (SSSR count). The predicted octanol–water partition coefficient (Wildman–Crippen LogP) is 3.13. The molecule has 0 unspecified atom stereocenters. The van der Waals surface area contributed by atoms with Crippen molar-refractivity contribution in [3.05, 3.63) is 47.3 Å². The zero-order valence-electron chi connectivity index (χ0n) is 10.8. The average Bonchev–Trinajstić information content (AvgIpc) is 3.14. The molecule has 0 fully saturated rings. The van der Waals surface area contributed by atoms with E-state index in [0.29, 0.717) is 33.5 Å². The van der Waals surface area contributed by atoms with E-state index in [1.54, 1.807) is 6.20 Å². The molecule has 0 spiro atoms. The Morgan fingerprint density at radius 1 is 1.19 bits per heavy atom. The van der Waals surface area contributed by atoms with Crippen LogP contribution in [0.5, 0.6) is 0 Å². The molecule has 0 radical (unpaired) electrons. The predicted molar refractivity (Wildman–Crippen MR) is 78.7 cm³/mol. The van der Waals surface area contributed by atoms with Crippen molar-refractivity contribution in [3.8, 4) is 11.3 Å². The Labute approximate surface area is 129 Å². The SMILES string of the molecule is NCc1nnc(SCc2ncc(-c3cccc(Cl)c3)o2)o1. The minimum Gasteiger partial charge on any atom is -0.440 e. The molecule has 0 atom stereocenters. The standard InChI is InChI=1S/C13H11ClN4O2S/c14-9-3-1-2-8(4-9)10-6-16-12(19-10)7-21-13-18-17-11(5-15)20-13/h1-4,6H,5,7,15H2. The van der Waals surface area contributed by atoms with Gasteiger partial charge in [-0.25, -0.2) is 4.98 Å². The van der Waals surface area contributed by atoms with E-state index in [0.717, 1.165) is 5.56 Å². The summed E-state index contributed by atoms with van der Waals surface area (Å²) in [7, 11) is 0. The zero-order valence-corrected chi connectivity index (χ0v) is 12.4. The molecule has 8 heteroatoms. The number of benzene rings is 1. The van der Waals surface area contributed by atoms with E-state index in [2.05, 4.69) is 15.2 Å². The van der Waals surface area contributed by atoms with Crippen molar-refractivity contribution in [2.45, 2.75) is 17.5 Å². The van der Waals surface area contributed by atoms with E-state index < -0.39 is 0 Å². The molecule has 21 heavy (non-hydrogen) atoms. The van der Waals surface area contributed by atoms with Crippen LogP contribution in [0.3, 0.4) is 0 Å². The highest BCUT2D eigenvalue weighted by atomic mass is 35.5. The topological polar surface area (TPSA) is 91.0 Å². The lowest BCUT2D eigenvalue weighted by Crippen LogP contribution is -1.95. The molecule has 1 aromatic carbocycles. The number of halogens is 1. The van der Waals surface area contributed by atoms with Gasteiger partial charge in [0.2, 0.25) is 11.8 Å². The number of nitrogens with two attached hydrogens (primary N) is 1. The van der Waals surface area contributed by atoms with Crippen LogP contribution in [0.1, 0.15) is 11.8 Å². The lowest BCUT2D eigenvalue weighted by molar-refractivity contribution is 0.414. The summed E-state index contributed by atoms with van der Waals surface area (Å²) in [6, 6.07) is 7.41. The second-order valence-electron chi connectivity index (χ2n) is 4.08. The van der Waals surface area contributed by atoms with E-state index in [4.69, 9.17) is 26.2 Å². The molecule has 0 aliphatic heterocycles. The Balaban J connectivity index is 1.67. The summed E-state index contributed by atoms with van der Waals surface area (Å²) in [5.74, 6) is 2.14. The Bertz CT molecular complexity index is 743. The van der Waals surface area contributed by atoms with E-state index >= 15 is 0 Å². The van der Waals surface area contributed by atoms with Gasteiger partial charge in [0, 0.05) is 10.6 Å². The maximum atomic E-state index is 5.95. The van der Waals surface area contributed by atoms with Gasteiger partial charge in [-0.2, -0.15) is 0 Å². The highest BCUT2D eigenvalue weighted by Crippen LogP contribution is 2.26. The van der Waals surface area contributed by atoms with Crippen LogP contribution < -0.4 is 5.73 Å². The molecule has 2 N–H and O–H groups in total. The van der Waals surface area contributed by atoms with Crippen molar-refractivity contribution in [3.63, 3.8) is 0 Å². The fourth-order valence-electron chi connectivity index (χ4n) is 1.65. The van der Waals surface area contributed by atoms with E-state index in [1.165, 1.54) is 11.8 Å². The van der Waals surface area contributed by atoms with Crippen molar-refractivity contribution in [2.24, 2.45) is 5.73 Å². The Morgan fingerprint density at radius 2 is 2.10 bits per heavy atom. The van der Waals surface area contributed by atoms with E-state index in [9.17, 15) is 0 Å². The molecular weight excluding hydrogens is 312 g/mol. The first-order valence-corrected chi connectivity index (χ1v) is 7.47. The molecule has 0 bridgehead atoms. The van der Waals surface area contributed by atoms with Gasteiger partial charge in [-0.15, -0.1) is 10.2 Å². The molecule has 3 aromatic rings. The molecule has 0 saturated carbocycles. The van der Waals surface area contributed by atoms with Gasteiger partial charge in [0.25, 0.3) is 5.22 Å². The molecule has 0 aliphatic rings. The van der Waals surface area contributed by atoms with Crippen LogP contribution in [0.2, 0.25) is 5.02 Å². The first-order valence-electron chi connectivity index (χ1n) is 6.10. The van der Waals surface area contributed by atoms with Crippen LogP contribution in [0.25, 0.3) is 11.3 Å². The van der Waals surface area contributed by atoms with Crippen LogP contribution in [0, 0.1) is 0 Å². The van der Waals surface area contributed by atoms with Crippen LogP contribution in [-0.4, -0.2) is 15.2 Å². The summed E-state index contributed by atoms with van der Waals surface area (Å²) in [5.41, 5.74) is 6.29. The lowest BCUT2D eigenvalue weighted by atomic mass is 10.2. The summed E-state index contributed by atoms with van der Waals surface area (Å²) in [6.45, 7) is 0.228. The number of aromatic nitrogens is 3. The third-order valence-corrected chi connectivity index (χ3v) is 3.64. The van der Waals surface area contributed by atoms with Crippen molar-refractivity contribution in [1.82, 2.24) is 15.2 Å². The second kappa shape index (κ2) is 6.30. The largest absolute Gasteiger partial charge is 0.440 e. The Kier molecular flexibility index (Phi) is 4.23. The first kappa shape index (κ1) is 14.1. The number of hydrogen-bond acceptors (Lipinski definition) is 7. The van der Waals surface area contributed by atoms with Crippen molar-refractivity contribution in [1.29, 1.82) is 0 Å². The highest BCUT2D eigenvalue weighted by molar-refractivity contribution is 7.98. The molecule has 2 aromatic heterocycles. The van der Waals surface area contributed by atoms with E-state index in [1.807, 2.05) is 24.3 Å². The van der Waals surface area contributed by atoms with Crippen LogP contribution in [0.15, 0.2) is 44.5 Å². The van der Waals surface area contributed by atoms with Gasteiger partial charge < -0.3 is 14.6 Å². The van der Waals surface area contributed by atoms with Gasteiger partial charge >= 0.3 is 0 Å². The fourth-order valence-corrected chi connectivity index (χ4v) is 2.48. The van der Waals surface area contributed by atoms with Crippen molar-refractivity contribution in [2.75, 3.05) is 0 Å². The number of nitrogens with zero attached hydrogens (tertiary/aromatic N) is 3. The van der Waals surface area contributed by atoms with Gasteiger partial charge in [-0.05, 0) is 12.1 Å². The van der Waals surface area contributed by atoms with Crippen molar-refractivity contribution >= 4 is 23.4 Å². The summed E-state index contributed by atoms with van der Waals surface area (Å²) >= 11 is 7.30.